The number of aromatic nitrogens is 2. The van der Waals surface area contributed by atoms with Crippen LogP contribution in [0.4, 0.5) is 5.82 Å². The zero-order valence-electron chi connectivity index (χ0n) is 12.0. The van der Waals surface area contributed by atoms with Crippen LogP contribution in [0.5, 0.6) is 0 Å². The molecular weight excluding hydrogens is 282 g/mol. The van der Waals surface area contributed by atoms with Gasteiger partial charge in [0, 0.05) is 17.5 Å². The largest absolute Gasteiger partial charge is 0.370 e. The first-order valence-corrected chi connectivity index (χ1v) is 7.34. The van der Waals surface area contributed by atoms with Gasteiger partial charge in [0.05, 0.1) is 10.5 Å². The van der Waals surface area contributed by atoms with Gasteiger partial charge in [-0.25, -0.2) is 9.97 Å². The molecule has 0 aliphatic carbocycles. The van der Waals surface area contributed by atoms with E-state index in [0.717, 1.165) is 34.4 Å². The Balaban J connectivity index is 2.23. The van der Waals surface area contributed by atoms with E-state index in [4.69, 9.17) is 11.6 Å². The molecule has 0 fully saturated rings. The van der Waals surface area contributed by atoms with Crippen LogP contribution in [0.2, 0.25) is 5.02 Å². The lowest BCUT2D eigenvalue weighted by Crippen LogP contribution is -2.03. The molecule has 0 radical (unpaired) electrons. The quantitative estimate of drug-likeness (QED) is 0.762. The monoisotopic (exact) mass is 297 g/mol. The van der Waals surface area contributed by atoms with Crippen molar-refractivity contribution in [2.24, 2.45) is 0 Å². The molecule has 0 saturated heterocycles. The molecule has 0 spiro atoms. The van der Waals surface area contributed by atoms with Crippen molar-refractivity contribution in [2.45, 2.75) is 13.8 Å². The summed E-state index contributed by atoms with van der Waals surface area (Å²) in [6, 6.07) is 13.9. The number of nitrogens with zero attached hydrogens (tertiary/aromatic N) is 2. The normalized spacial score (nSPS) is 10.8. The summed E-state index contributed by atoms with van der Waals surface area (Å²) in [4.78, 5) is 9.29. The van der Waals surface area contributed by atoms with Gasteiger partial charge in [0.1, 0.15) is 5.82 Å². The highest BCUT2D eigenvalue weighted by Crippen LogP contribution is 2.29. The maximum atomic E-state index is 6.34. The molecule has 0 aliphatic heterocycles. The third-order valence-corrected chi connectivity index (χ3v) is 3.63. The number of fused-ring (bicyclic) bond motifs is 1. The van der Waals surface area contributed by atoms with Crippen LogP contribution in [0.3, 0.4) is 0 Å². The SMILES string of the molecule is CCNc1nc(-c2ccc(C)cc2Cl)nc2ccccc12. The molecule has 1 heterocycles. The molecule has 0 unspecified atom stereocenters. The minimum absolute atomic E-state index is 0.648. The zero-order valence-corrected chi connectivity index (χ0v) is 12.8. The summed E-state index contributed by atoms with van der Waals surface area (Å²) < 4.78 is 0. The Morgan fingerprint density at radius 3 is 2.67 bits per heavy atom. The van der Waals surface area contributed by atoms with Gasteiger partial charge in [-0.3, -0.25) is 0 Å². The van der Waals surface area contributed by atoms with Gasteiger partial charge in [-0.1, -0.05) is 29.8 Å². The van der Waals surface area contributed by atoms with Crippen molar-refractivity contribution < 1.29 is 0 Å². The van der Waals surface area contributed by atoms with Gasteiger partial charge < -0.3 is 5.32 Å². The Bertz CT molecular complexity index is 799. The highest BCUT2D eigenvalue weighted by molar-refractivity contribution is 6.33. The summed E-state index contributed by atoms with van der Waals surface area (Å²) in [7, 11) is 0. The summed E-state index contributed by atoms with van der Waals surface area (Å²) in [5.41, 5.74) is 2.89. The second kappa shape index (κ2) is 5.70. The van der Waals surface area contributed by atoms with E-state index in [1.54, 1.807) is 0 Å². The predicted molar refractivity (Wildman–Crippen MR) is 88.9 cm³/mol. The second-order valence-corrected chi connectivity index (χ2v) is 5.33. The number of benzene rings is 2. The third-order valence-electron chi connectivity index (χ3n) is 3.31. The summed E-state index contributed by atoms with van der Waals surface area (Å²) >= 11 is 6.34. The second-order valence-electron chi connectivity index (χ2n) is 4.93. The van der Waals surface area contributed by atoms with Crippen LogP contribution in [0.1, 0.15) is 12.5 Å². The molecule has 0 atom stereocenters. The lowest BCUT2D eigenvalue weighted by Gasteiger charge is -2.10. The van der Waals surface area contributed by atoms with E-state index >= 15 is 0 Å². The van der Waals surface area contributed by atoms with Crippen LogP contribution < -0.4 is 5.32 Å². The number of hydrogen-bond donors (Lipinski definition) is 1. The Morgan fingerprint density at radius 1 is 1.10 bits per heavy atom. The maximum absolute atomic E-state index is 6.34. The molecule has 3 nitrogen and oxygen atoms in total. The van der Waals surface area contributed by atoms with Crippen LogP contribution >= 0.6 is 11.6 Å². The van der Waals surface area contributed by atoms with Crippen LogP contribution in [0, 0.1) is 6.92 Å². The zero-order chi connectivity index (χ0) is 14.8. The van der Waals surface area contributed by atoms with Crippen LogP contribution in [0.15, 0.2) is 42.5 Å². The fourth-order valence-corrected chi connectivity index (χ4v) is 2.62. The van der Waals surface area contributed by atoms with Gasteiger partial charge in [0.25, 0.3) is 0 Å². The Labute approximate surface area is 129 Å². The van der Waals surface area contributed by atoms with Crippen molar-refractivity contribution in [3.63, 3.8) is 0 Å². The molecule has 1 N–H and O–H groups in total. The van der Waals surface area contributed by atoms with Gasteiger partial charge >= 0.3 is 0 Å². The minimum atomic E-state index is 0.648. The highest BCUT2D eigenvalue weighted by atomic mass is 35.5. The minimum Gasteiger partial charge on any atom is -0.370 e. The summed E-state index contributed by atoms with van der Waals surface area (Å²) in [5.74, 6) is 1.49. The summed E-state index contributed by atoms with van der Waals surface area (Å²) in [6.07, 6.45) is 0. The highest BCUT2D eigenvalue weighted by Gasteiger charge is 2.11. The standard InChI is InChI=1S/C17H16ClN3/c1-3-19-16-13-6-4-5-7-15(13)20-17(21-16)12-9-8-11(2)10-14(12)18/h4-10H,3H2,1-2H3,(H,19,20,21). The molecule has 4 heteroatoms. The molecule has 106 valence electrons. The molecule has 21 heavy (non-hydrogen) atoms. The summed E-state index contributed by atoms with van der Waals surface area (Å²) in [5, 5.41) is 4.99. The fraction of sp³-hybridized carbons (Fsp3) is 0.176. The number of aryl methyl sites for hydroxylation is 1. The van der Waals surface area contributed by atoms with Gasteiger partial charge in [-0.15, -0.1) is 0 Å². The Morgan fingerprint density at radius 2 is 1.90 bits per heavy atom. The van der Waals surface area contributed by atoms with Crippen molar-refractivity contribution in [1.29, 1.82) is 0 Å². The smallest absolute Gasteiger partial charge is 0.163 e. The lowest BCUT2D eigenvalue weighted by atomic mass is 10.1. The van der Waals surface area contributed by atoms with Gasteiger partial charge in [0.2, 0.25) is 0 Å². The Kier molecular flexibility index (Phi) is 3.76. The molecular formula is C17H16ClN3. The molecule has 0 bridgehead atoms. The van der Waals surface area contributed by atoms with E-state index in [1.165, 1.54) is 0 Å². The molecule has 2 aromatic carbocycles. The molecule has 3 rings (SSSR count). The predicted octanol–water partition coefficient (Wildman–Crippen LogP) is 4.69. The molecule has 0 amide bonds. The van der Waals surface area contributed by atoms with Gasteiger partial charge in [-0.2, -0.15) is 0 Å². The number of rotatable bonds is 3. The van der Waals surface area contributed by atoms with Crippen molar-refractivity contribution in [3.05, 3.63) is 53.1 Å². The topological polar surface area (TPSA) is 37.8 Å². The van der Waals surface area contributed by atoms with E-state index in [0.29, 0.717) is 10.8 Å². The molecule has 3 aromatic rings. The van der Waals surface area contributed by atoms with Crippen molar-refractivity contribution in [3.8, 4) is 11.4 Å². The van der Waals surface area contributed by atoms with Gasteiger partial charge in [0.15, 0.2) is 5.82 Å². The van der Waals surface area contributed by atoms with Gasteiger partial charge in [-0.05, 0) is 43.7 Å². The molecule has 0 aliphatic rings. The van der Waals surface area contributed by atoms with E-state index in [2.05, 4.69) is 22.2 Å². The average Bonchev–Trinajstić information content (AvgIpc) is 2.47. The van der Waals surface area contributed by atoms with Crippen LogP contribution in [-0.2, 0) is 0 Å². The lowest BCUT2D eigenvalue weighted by molar-refractivity contribution is 1.14. The Hall–Kier alpha value is -2.13. The number of para-hydroxylation sites is 1. The number of hydrogen-bond acceptors (Lipinski definition) is 3. The maximum Gasteiger partial charge on any atom is 0.163 e. The number of anilines is 1. The van der Waals surface area contributed by atoms with Crippen molar-refractivity contribution in [1.82, 2.24) is 9.97 Å². The van der Waals surface area contributed by atoms with Crippen molar-refractivity contribution >= 4 is 28.3 Å². The first-order chi connectivity index (χ1) is 10.2. The van der Waals surface area contributed by atoms with Crippen LogP contribution in [-0.4, -0.2) is 16.5 Å². The molecule has 0 saturated carbocycles. The molecule has 1 aromatic heterocycles. The van der Waals surface area contributed by atoms with E-state index < -0.39 is 0 Å². The first kappa shape index (κ1) is 13.8. The van der Waals surface area contributed by atoms with E-state index in [1.807, 2.05) is 49.4 Å². The number of halogens is 1. The van der Waals surface area contributed by atoms with E-state index in [-0.39, 0.29) is 0 Å². The first-order valence-electron chi connectivity index (χ1n) is 6.96. The van der Waals surface area contributed by atoms with Crippen LogP contribution in [0.25, 0.3) is 22.3 Å². The van der Waals surface area contributed by atoms with E-state index in [9.17, 15) is 0 Å². The summed E-state index contributed by atoms with van der Waals surface area (Å²) in [6.45, 7) is 4.87. The third kappa shape index (κ3) is 2.69. The van der Waals surface area contributed by atoms with Crippen molar-refractivity contribution in [2.75, 3.05) is 11.9 Å². The number of nitrogens with one attached hydrogen (secondary N) is 1. The fourth-order valence-electron chi connectivity index (χ4n) is 2.30. The average molecular weight is 298 g/mol.